The Morgan fingerprint density at radius 2 is 2.05 bits per heavy atom. The molecule has 5 nitrogen and oxygen atoms in total. The lowest BCUT2D eigenvalue weighted by atomic mass is 10.2. The molecule has 0 spiro atoms. The Bertz CT molecular complexity index is 646. The fourth-order valence-corrected chi connectivity index (χ4v) is 1.97. The minimum absolute atomic E-state index is 0.248. The molecular weight excluding hydrogens is 283 g/mol. The number of ether oxygens (including phenoxy) is 1. The van der Waals surface area contributed by atoms with Crippen molar-refractivity contribution in [2.45, 2.75) is 13.1 Å². The van der Waals surface area contributed by atoms with Crippen LogP contribution in [-0.4, -0.2) is 25.1 Å². The number of hydrogen-bond donors (Lipinski definition) is 2. The van der Waals surface area contributed by atoms with E-state index in [1.165, 1.54) is 12.1 Å². The minimum Gasteiger partial charge on any atom is -0.481 e. The smallest absolute Gasteiger partial charge is 0.218 e. The molecule has 1 heterocycles. The van der Waals surface area contributed by atoms with Gasteiger partial charge in [0.05, 0.1) is 7.11 Å². The number of nitrogens with one attached hydrogen (secondary N) is 2. The summed E-state index contributed by atoms with van der Waals surface area (Å²) in [5.74, 6) is 0.952. The van der Waals surface area contributed by atoms with Crippen molar-refractivity contribution in [3.63, 3.8) is 0 Å². The minimum atomic E-state index is -0.248. The van der Waals surface area contributed by atoms with Crippen molar-refractivity contribution < 1.29 is 9.13 Å². The molecule has 0 atom stereocenters. The summed E-state index contributed by atoms with van der Waals surface area (Å²) in [7, 11) is 3.27. The van der Waals surface area contributed by atoms with E-state index in [1.807, 2.05) is 18.2 Å². The van der Waals surface area contributed by atoms with Gasteiger partial charge < -0.3 is 15.4 Å². The van der Waals surface area contributed by atoms with Gasteiger partial charge in [0, 0.05) is 31.9 Å². The Balaban J connectivity index is 1.90. The van der Waals surface area contributed by atoms with Gasteiger partial charge in [0.15, 0.2) is 5.96 Å². The average Bonchev–Trinajstić information content (AvgIpc) is 2.55. The third kappa shape index (κ3) is 4.44. The fourth-order valence-electron chi connectivity index (χ4n) is 1.97. The summed E-state index contributed by atoms with van der Waals surface area (Å²) in [6.45, 7) is 1.02. The number of hydrogen-bond acceptors (Lipinski definition) is 3. The van der Waals surface area contributed by atoms with Crippen molar-refractivity contribution in [3.05, 3.63) is 59.5 Å². The van der Waals surface area contributed by atoms with Crippen molar-refractivity contribution >= 4 is 5.96 Å². The van der Waals surface area contributed by atoms with Gasteiger partial charge in [-0.1, -0.05) is 18.2 Å². The Kier molecular flexibility index (Phi) is 5.71. The monoisotopic (exact) mass is 302 g/mol. The molecule has 6 heteroatoms. The third-order valence-electron chi connectivity index (χ3n) is 3.06. The first kappa shape index (κ1) is 15.8. The Hall–Kier alpha value is -2.63. The molecular formula is C16H19FN4O. The van der Waals surface area contributed by atoms with E-state index < -0.39 is 0 Å². The molecule has 2 N–H and O–H groups in total. The first-order valence-electron chi connectivity index (χ1n) is 6.89. The van der Waals surface area contributed by atoms with Crippen molar-refractivity contribution in [1.82, 2.24) is 15.6 Å². The first-order chi connectivity index (χ1) is 10.7. The van der Waals surface area contributed by atoms with E-state index in [0.29, 0.717) is 24.9 Å². The number of nitrogens with zero attached hydrogens (tertiary/aromatic N) is 2. The van der Waals surface area contributed by atoms with Gasteiger partial charge in [0.1, 0.15) is 5.82 Å². The van der Waals surface area contributed by atoms with Crippen LogP contribution >= 0.6 is 0 Å². The van der Waals surface area contributed by atoms with Crippen LogP contribution in [0.4, 0.5) is 4.39 Å². The highest BCUT2D eigenvalue weighted by molar-refractivity contribution is 5.79. The van der Waals surface area contributed by atoms with Crippen molar-refractivity contribution in [1.29, 1.82) is 0 Å². The van der Waals surface area contributed by atoms with E-state index in [9.17, 15) is 4.39 Å². The topological polar surface area (TPSA) is 58.5 Å². The molecule has 0 aliphatic carbocycles. The number of benzene rings is 1. The molecule has 0 bridgehead atoms. The normalized spacial score (nSPS) is 11.1. The summed E-state index contributed by atoms with van der Waals surface area (Å²) in [5.41, 5.74) is 1.78. The lowest BCUT2D eigenvalue weighted by molar-refractivity contribution is 0.392. The molecule has 22 heavy (non-hydrogen) atoms. The zero-order valence-electron chi connectivity index (χ0n) is 12.6. The average molecular weight is 302 g/mol. The lowest BCUT2D eigenvalue weighted by Crippen LogP contribution is -2.36. The highest BCUT2D eigenvalue weighted by atomic mass is 19.1. The summed E-state index contributed by atoms with van der Waals surface area (Å²) in [4.78, 5) is 8.28. The van der Waals surface area contributed by atoms with E-state index in [4.69, 9.17) is 4.74 Å². The highest BCUT2D eigenvalue weighted by Crippen LogP contribution is 2.12. The Labute approximate surface area is 129 Å². The molecule has 0 aliphatic rings. The van der Waals surface area contributed by atoms with Crippen LogP contribution in [0, 0.1) is 5.82 Å². The zero-order valence-corrected chi connectivity index (χ0v) is 12.6. The molecule has 0 saturated heterocycles. The van der Waals surface area contributed by atoms with Gasteiger partial charge in [0.2, 0.25) is 5.88 Å². The molecule has 0 fully saturated rings. The van der Waals surface area contributed by atoms with Crippen LogP contribution in [0.3, 0.4) is 0 Å². The molecule has 0 radical (unpaired) electrons. The Morgan fingerprint density at radius 1 is 1.23 bits per heavy atom. The number of aromatic nitrogens is 1. The van der Waals surface area contributed by atoms with Crippen LogP contribution in [0.15, 0.2) is 47.6 Å². The predicted octanol–water partition coefficient (Wildman–Crippen LogP) is 2.09. The van der Waals surface area contributed by atoms with E-state index in [2.05, 4.69) is 20.6 Å². The standard InChI is InChI=1S/C16H19FN4O/c1-18-16(20-10-12-5-3-7-14(17)9-12)21-11-13-6-4-8-19-15(13)22-2/h3-9H,10-11H2,1-2H3,(H2,18,20,21). The van der Waals surface area contributed by atoms with Gasteiger partial charge in [0.25, 0.3) is 0 Å². The first-order valence-corrected chi connectivity index (χ1v) is 6.89. The number of pyridine rings is 1. The number of halogens is 1. The molecule has 0 amide bonds. The molecule has 1 aromatic carbocycles. The number of methoxy groups -OCH3 is 1. The third-order valence-corrected chi connectivity index (χ3v) is 3.06. The Morgan fingerprint density at radius 3 is 2.77 bits per heavy atom. The number of guanidine groups is 1. The largest absolute Gasteiger partial charge is 0.481 e. The van der Waals surface area contributed by atoms with E-state index >= 15 is 0 Å². The number of rotatable bonds is 5. The van der Waals surface area contributed by atoms with Crippen LogP contribution in [0.1, 0.15) is 11.1 Å². The van der Waals surface area contributed by atoms with Gasteiger partial charge in [-0.25, -0.2) is 9.37 Å². The van der Waals surface area contributed by atoms with E-state index in [0.717, 1.165) is 11.1 Å². The molecule has 0 unspecified atom stereocenters. The quantitative estimate of drug-likeness (QED) is 0.656. The van der Waals surface area contributed by atoms with Crippen molar-refractivity contribution in [2.24, 2.45) is 4.99 Å². The van der Waals surface area contributed by atoms with Crippen LogP contribution < -0.4 is 15.4 Å². The molecule has 2 aromatic rings. The SMILES string of the molecule is CN=C(NCc1cccc(F)c1)NCc1cccnc1OC. The van der Waals surface area contributed by atoms with E-state index in [-0.39, 0.29) is 5.82 Å². The van der Waals surface area contributed by atoms with Crippen LogP contribution in [0.2, 0.25) is 0 Å². The van der Waals surface area contributed by atoms with Gasteiger partial charge in [-0.2, -0.15) is 0 Å². The number of aliphatic imine (C=N–C) groups is 1. The summed E-state index contributed by atoms with van der Waals surface area (Å²) >= 11 is 0. The maximum Gasteiger partial charge on any atom is 0.218 e. The molecule has 1 aromatic heterocycles. The van der Waals surface area contributed by atoms with Crippen LogP contribution in [0.25, 0.3) is 0 Å². The zero-order chi connectivity index (χ0) is 15.8. The summed E-state index contributed by atoms with van der Waals surface area (Å²) in [5, 5.41) is 6.30. The molecule has 116 valence electrons. The maximum atomic E-state index is 13.1. The lowest BCUT2D eigenvalue weighted by Gasteiger charge is -2.13. The van der Waals surface area contributed by atoms with Crippen molar-refractivity contribution in [3.8, 4) is 5.88 Å². The fraction of sp³-hybridized carbons (Fsp3) is 0.250. The predicted molar refractivity (Wildman–Crippen MR) is 84.2 cm³/mol. The van der Waals surface area contributed by atoms with Gasteiger partial charge in [-0.3, -0.25) is 4.99 Å². The molecule has 0 aliphatic heterocycles. The van der Waals surface area contributed by atoms with Crippen LogP contribution in [-0.2, 0) is 13.1 Å². The van der Waals surface area contributed by atoms with E-state index in [1.54, 1.807) is 26.4 Å². The summed E-state index contributed by atoms with van der Waals surface area (Å²) < 4.78 is 18.3. The van der Waals surface area contributed by atoms with Crippen molar-refractivity contribution in [2.75, 3.05) is 14.2 Å². The molecule has 0 saturated carbocycles. The molecule has 2 rings (SSSR count). The second-order valence-electron chi connectivity index (χ2n) is 4.58. The van der Waals surface area contributed by atoms with Gasteiger partial charge in [-0.05, 0) is 23.8 Å². The van der Waals surface area contributed by atoms with Gasteiger partial charge in [-0.15, -0.1) is 0 Å². The maximum absolute atomic E-state index is 13.1. The second-order valence-corrected chi connectivity index (χ2v) is 4.58. The second kappa shape index (κ2) is 7.97. The summed E-state index contributed by atoms with van der Waals surface area (Å²) in [6, 6.07) is 10.2. The highest BCUT2D eigenvalue weighted by Gasteiger charge is 2.04. The van der Waals surface area contributed by atoms with Crippen LogP contribution in [0.5, 0.6) is 5.88 Å². The van der Waals surface area contributed by atoms with Gasteiger partial charge >= 0.3 is 0 Å². The summed E-state index contributed by atoms with van der Waals surface area (Å²) in [6.07, 6.45) is 1.68.